The zero-order valence-corrected chi connectivity index (χ0v) is 14.7. The van der Waals surface area contributed by atoms with E-state index in [1.165, 1.54) is 11.0 Å². The molecule has 0 atom stereocenters. The smallest absolute Gasteiger partial charge is 0.320 e. The van der Waals surface area contributed by atoms with Crippen LogP contribution in [-0.4, -0.2) is 37.4 Å². The molecule has 0 saturated carbocycles. The van der Waals surface area contributed by atoms with Crippen molar-refractivity contribution in [2.45, 2.75) is 19.9 Å². The number of amides is 2. The molecule has 0 aliphatic rings. The lowest BCUT2D eigenvalue weighted by molar-refractivity contribution is 0.251. The Morgan fingerprint density at radius 3 is 2.69 bits per heavy atom. The van der Waals surface area contributed by atoms with E-state index in [9.17, 15) is 4.79 Å². The predicted octanol–water partition coefficient (Wildman–Crippen LogP) is 2.11. The number of anilines is 1. The van der Waals surface area contributed by atoms with Crippen molar-refractivity contribution in [1.29, 1.82) is 0 Å². The SMILES string of the molecule is CCCOc1ccc(CNC(=O)Nc2cnn(-c3cnn(C)c3)n2)cc1. The van der Waals surface area contributed by atoms with Gasteiger partial charge in [-0.05, 0) is 24.1 Å². The second kappa shape index (κ2) is 8.15. The van der Waals surface area contributed by atoms with Gasteiger partial charge in [-0.1, -0.05) is 19.1 Å². The molecular weight excluding hydrogens is 334 g/mol. The van der Waals surface area contributed by atoms with Gasteiger partial charge in [0.05, 0.1) is 25.2 Å². The van der Waals surface area contributed by atoms with Gasteiger partial charge in [0.2, 0.25) is 0 Å². The van der Waals surface area contributed by atoms with Gasteiger partial charge < -0.3 is 10.1 Å². The fourth-order valence-electron chi connectivity index (χ4n) is 2.22. The Bertz CT molecular complexity index is 854. The maximum Gasteiger partial charge on any atom is 0.320 e. The minimum Gasteiger partial charge on any atom is -0.494 e. The van der Waals surface area contributed by atoms with Gasteiger partial charge in [-0.3, -0.25) is 10.00 Å². The molecule has 3 aromatic rings. The Morgan fingerprint density at radius 2 is 2.00 bits per heavy atom. The van der Waals surface area contributed by atoms with Crippen molar-refractivity contribution in [3.05, 3.63) is 48.4 Å². The normalized spacial score (nSPS) is 10.5. The Morgan fingerprint density at radius 1 is 1.19 bits per heavy atom. The summed E-state index contributed by atoms with van der Waals surface area (Å²) in [4.78, 5) is 13.4. The molecule has 1 aromatic carbocycles. The number of carbonyl (C=O) groups excluding carboxylic acids is 1. The summed E-state index contributed by atoms with van der Waals surface area (Å²) in [6.45, 7) is 3.16. The molecule has 0 unspecified atom stereocenters. The van der Waals surface area contributed by atoms with Crippen LogP contribution in [0, 0.1) is 0 Å². The molecule has 136 valence electrons. The molecule has 9 heteroatoms. The zero-order chi connectivity index (χ0) is 18.4. The largest absolute Gasteiger partial charge is 0.494 e. The predicted molar refractivity (Wildman–Crippen MR) is 96.2 cm³/mol. The van der Waals surface area contributed by atoms with Gasteiger partial charge in [0.25, 0.3) is 0 Å². The molecule has 2 amide bonds. The van der Waals surface area contributed by atoms with E-state index in [2.05, 4.69) is 32.9 Å². The molecule has 2 aromatic heterocycles. The lowest BCUT2D eigenvalue weighted by Gasteiger charge is -2.07. The summed E-state index contributed by atoms with van der Waals surface area (Å²) in [7, 11) is 1.81. The van der Waals surface area contributed by atoms with Crippen molar-refractivity contribution in [2.24, 2.45) is 7.05 Å². The van der Waals surface area contributed by atoms with Crippen molar-refractivity contribution in [3.8, 4) is 11.4 Å². The first-order valence-corrected chi connectivity index (χ1v) is 8.32. The molecule has 0 aliphatic carbocycles. The first-order chi connectivity index (χ1) is 12.6. The lowest BCUT2D eigenvalue weighted by Crippen LogP contribution is -2.28. The minimum absolute atomic E-state index is 0.352. The van der Waals surface area contributed by atoms with Gasteiger partial charge >= 0.3 is 6.03 Å². The maximum atomic E-state index is 12.0. The van der Waals surface area contributed by atoms with E-state index in [-0.39, 0.29) is 6.03 Å². The summed E-state index contributed by atoms with van der Waals surface area (Å²) in [6.07, 6.45) is 5.86. The number of nitrogens with zero attached hydrogens (tertiary/aromatic N) is 5. The zero-order valence-electron chi connectivity index (χ0n) is 14.7. The molecule has 26 heavy (non-hydrogen) atoms. The van der Waals surface area contributed by atoms with Crippen molar-refractivity contribution in [2.75, 3.05) is 11.9 Å². The quantitative estimate of drug-likeness (QED) is 0.676. The molecular formula is C17H21N7O2. The van der Waals surface area contributed by atoms with Crippen LogP contribution >= 0.6 is 0 Å². The molecule has 2 N–H and O–H groups in total. The summed E-state index contributed by atoms with van der Waals surface area (Å²) >= 11 is 0. The number of urea groups is 1. The average molecular weight is 355 g/mol. The van der Waals surface area contributed by atoms with Gasteiger partial charge in [0, 0.05) is 13.6 Å². The molecule has 3 rings (SSSR count). The van der Waals surface area contributed by atoms with Crippen molar-refractivity contribution in [3.63, 3.8) is 0 Å². The minimum atomic E-state index is -0.352. The number of benzene rings is 1. The number of rotatable bonds is 7. The molecule has 0 radical (unpaired) electrons. The van der Waals surface area contributed by atoms with E-state index in [1.807, 2.05) is 31.3 Å². The monoisotopic (exact) mass is 355 g/mol. The first kappa shape index (κ1) is 17.5. The standard InChI is InChI=1S/C17H21N7O2/c1-3-8-26-15-6-4-13(5-7-15)9-18-17(25)21-16-11-20-24(22-16)14-10-19-23(2)12-14/h4-7,10-12H,3,8-9H2,1-2H3,(H2,18,21,22,25). The van der Waals surface area contributed by atoms with Crippen LogP contribution in [0.3, 0.4) is 0 Å². The van der Waals surface area contributed by atoms with Gasteiger partial charge in [0.1, 0.15) is 11.4 Å². The van der Waals surface area contributed by atoms with Crippen LogP contribution in [0.5, 0.6) is 5.75 Å². The summed E-state index contributed by atoms with van der Waals surface area (Å²) < 4.78 is 7.18. The van der Waals surface area contributed by atoms with Crippen LogP contribution in [0.15, 0.2) is 42.9 Å². The second-order valence-corrected chi connectivity index (χ2v) is 5.69. The van der Waals surface area contributed by atoms with Gasteiger partial charge in [-0.15, -0.1) is 9.90 Å². The molecule has 0 spiro atoms. The van der Waals surface area contributed by atoms with E-state index in [4.69, 9.17) is 4.74 Å². The molecule has 0 bridgehead atoms. The Kier molecular flexibility index (Phi) is 5.47. The fraction of sp³-hybridized carbons (Fsp3) is 0.294. The Labute approximate surface area is 151 Å². The highest BCUT2D eigenvalue weighted by atomic mass is 16.5. The van der Waals surface area contributed by atoms with Crippen LogP contribution in [-0.2, 0) is 13.6 Å². The Balaban J connectivity index is 1.49. The van der Waals surface area contributed by atoms with E-state index >= 15 is 0 Å². The van der Waals surface area contributed by atoms with E-state index in [0.717, 1.165) is 17.7 Å². The number of ether oxygens (including phenoxy) is 1. The highest BCUT2D eigenvalue weighted by Crippen LogP contribution is 2.12. The number of hydrogen-bond donors (Lipinski definition) is 2. The first-order valence-electron chi connectivity index (χ1n) is 8.32. The summed E-state index contributed by atoms with van der Waals surface area (Å²) in [5.41, 5.74) is 1.69. The number of carbonyl (C=O) groups is 1. The summed E-state index contributed by atoms with van der Waals surface area (Å²) in [5, 5.41) is 17.8. The van der Waals surface area contributed by atoms with Crippen molar-refractivity contribution < 1.29 is 9.53 Å². The van der Waals surface area contributed by atoms with Gasteiger partial charge in [0.15, 0.2) is 5.82 Å². The molecule has 2 heterocycles. The number of hydrogen-bond acceptors (Lipinski definition) is 5. The van der Waals surface area contributed by atoms with Crippen LogP contribution in [0.25, 0.3) is 5.69 Å². The molecule has 0 saturated heterocycles. The Hall–Kier alpha value is -3.36. The molecule has 0 aliphatic heterocycles. The topological polar surface area (TPSA) is 98.9 Å². The van der Waals surface area contributed by atoms with Crippen LogP contribution < -0.4 is 15.4 Å². The molecule has 0 fully saturated rings. The third kappa shape index (κ3) is 4.59. The highest BCUT2D eigenvalue weighted by Gasteiger charge is 2.08. The molecule has 9 nitrogen and oxygen atoms in total. The van der Waals surface area contributed by atoms with E-state index < -0.39 is 0 Å². The van der Waals surface area contributed by atoms with Crippen molar-refractivity contribution >= 4 is 11.8 Å². The number of aryl methyl sites for hydroxylation is 1. The average Bonchev–Trinajstić information content (AvgIpc) is 3.28. The van der Waals surface area contributed by atoms with Crippen LogP contribution in [0.2, 0.25) is 0 Å². The third-order valence-electron chi connectivity index (χ3n) is 3.50. The van der Waals surface area contributed by atoms with E-state index in [1.54, 1.807) is 17.1 Å². The van der Waals surface area contributed by atoms with Crippen molar-refractivity contribution in [1.82, 2.24) is 30.1 Å². The number of nitrogens with one attached hydrogen (secondary N) is 2. The highest BCUT2D eigenvalue weighted by molar-refractivity contribution is 5.87. The van der Waals surface area contributed by atoms with Gasteiger partial charge in [-0.25, -0.2) is 4.79 Å². The third-order valence-corrected chi connectivity index (χ3v) is 3.50. The van der Waals surface area contributed by atoms with Gasteiger partial charge in [-0.2, -0.15) is 10.2 Å². The van der Waals surface area contributed by atoms with Crippen LogP contribution in [0.4, 0.5) is 10.6 Å². The maximum absolute atomic E-state index is 12.0. The lowest BCUT2D eigenvalue weighted by atomic mass is 10.2. The summed E-state index contributed by atoms with van der Waals surface area (Å²) in [6, 6.07) is 7.27. The fourth-order valence-corrected chi connectivity index (χ4v) is 2.22. The number of aromatic nitrogens is 5. The second-order valence-electron chi connectivity index (χ2n) is 5.69. The summed E-state index contributed by atoms with van der Waals surface area (Å²) in [5.74, 6) is 1.18. The van der Waals surface area contributed by atoms with Crippen LogP contribution in [0.1, 0.15) is 18.9 Å². The van der Waals surface area contributed by atoms with E-state index in [0.29, 0.717) is 24.7 Å².